The molecule has 0 saturated heterocycles. The molecule has 1 aliphatic carbocycles. The second-order valence-electron chi connectivity index (χ2n) is 5.11. The van der Waals surface area contributed by atoms with Crippen LogP contribution < -0.4 is 16.0 Å². The van der Waals surface area contributed by atoms with Gasteiger partial charge in [0.2, 0.25) is 11.8 Å². The van der Waals surface area contributed by atoms with E-state index in [0.29, 0.717) is 6.54 Å². The van der Waals surface area contributed by atoms with Crippen LogP contribution in [0.2, 0.25) is 0 Å². The second kappa shape index (κ2) is 7.65. The summed E-state index contributed by atoms with van der Waals surface area (Å²) in [4.78, 5) is 23.0. The van der Waals surface area contributed by atoms with Crippen LogP contribution in [0.3, 0.4) is 0 Å². The van der Waals surface area contributed by atoms with Crippen molar-refractivity contribution >= 4 is 11.8 Å². The molecule has 3 N–H and O–H groups in total. The van der Waals surface area contributed by atoms with Gasteiger partial charge >= 0.3 is 0 Å². The average molecular weight is 275 g/mol. The molecule has 1 aliphatic rings. The zero-order chi connectivity index (χ0) is 14.2. The second-order valence-corrected chi connectivity index (χ2v) is 5.11. The molecule has 0 atom stereocenters. The SMILES string of the molecule is O=C(CNCC1CC1)NCC(=O)NCc1ccccc1. The fourth-order valence-electron chi connectivity index (χ4n) is 1.81. The quantitative estimate of drug-likeness (QED) is 0.644. The van der Waals surface area contributed by atoms with Crippen LogP contribution in [-0.4, -0.2) is 31.4 Å². The van der Waals surface area contributed by atoms with Crippen LogP contribution in [0, 0.1) is 5.92 Å². The standard InChI is InChI=1S/C15H21N3O2/c19-14(10-16-8-13-6-7-13)18-11-15(20)17-9-12-4-2-1-3-5-12/h1-5,13,16H,6-11H2,(H,17,20)(H,18,19). The van der Waals surface area contributed by atoms with Gasteiger partial charge in [-0.1, -0.05) is 30.3 Å². The maximum absolute atomic E-state index is 11.6. The third-order valence-electron chi connectivity index (χ3n) is 3.19. The number of hydrogen-bond donors (Lipinski definition) is 3. The molecule has 0 spiro atoms. The third-order valence-corrected chi connectivity index (χ3v) is 3.19. The van der Waals surface area contributed by atoms with Crippen molar-refractivity contribution in [1.82, 2.24) is 16.0 Å². The lowest BCUT2D eigenvalue weighted by atomic mass is 10.2. The molecule has 0 heterocycles. The summed E-state index contributed by atoms with van der Waals surface area (Å²) in [5, 5.41) is 8.45. The van der Waals surface area contributed by atoms with Crippen molar-refractivity contribution < 1.29 is 9.59 Å². The van der Waals surface area contributed by atoms with Crippen LogP contribution in [0.1, 0.15) is 18.4 Å². The molecule has 5 nitrogen and oxygen atoms in total. The van der Waals surface area contributed by atoms with E-state index in [0.717, 1.165) is 18.0 Å². The summed E-state index contributed by atoms with van der Waals surface area (Å²) < 4.78 is 0. The summed E-state index contributed by atoms with van der Waals surface area (Å²) >= 11 is 0. The van der Waals surface area contributed by atoms with E-state index in [2.05, 4.69) is 16.0 Å². The molecule has 0 aromatic heterocycles. The number of hydrogen-bond acceptors (Lipinski definition) is 3. The van der Waals surface area contributed by atoms with Gasteiger partial charge in [-0.05, 0) is 30.9 Å². The number of carbonyl (C=O) groups is 2. The van der Waals surface area contributed by atoms with Crippen LogP contribution in [0.15, 0.2) is 30.3 Å². The molecule has 2 amide bonds. The van der Waals surface area contributed by atoms with Gasteiger partial charge in [0, 0.05) is 6.54 Å². The first-order valence-corrected chi connectivity index (χ1v) is 7.02. The smallest absolute Gasteiger partial charge is 0.239 e. The van der Waals surface area contributed by atoms with Crippen LogP contribution in [0.25, 0.3) is 0 Å². The highest BCUT2D eigenvalue weighted by Gasteiger charge is 2.20. The Morgan fingerprint density at radius 2 is 1.70 bits per heavy atom. The normalized spacial score (nSPS) is 13.8. The molecule has 1 fully saturated rings. The number of benzene rings is 1. The van der Waals surface area contributed by atoms with Gasteiger partial charge in [-0.15, -0.1) is 0 Å². The molecule has 1 saturated carbocycles. The van der Waals surface area contributed by atoms with E-state index >= 15 is 0 Å². The Bertz CT molecular complexity index is 444. The van der Waals surface area contributed by atoms with Gasteiger partial charge in [0.1, 0.15) is 0 Å². The zero-order valence-corrected chi connectivity index (χ0v) is 11.5. The Hall–Kier alpha value is -1.88. The van der Waals surface area contributed by atoms with Crippen molar-refractivity contribution in [2.45, 2.75) is 19.4 Å². The van der Waals surface area contributed by atoms with Gasteiger partial charge in [-0.25, -0.2) is 0 Å². The first-order chi connectivity index (χ1) is 9.74. The van der Waals surface area contributed by atoms with Gasteiger partial charge in [0.05, 0.1) is 13.1 Å². The molecule has 0 unspecified atom stereocenters. The highest BCUT2D eigenvalue weighted by atomic mass is 16.2. The fraction of sp³-hybridized carbons (Fsp3) is 0.467. The van der Waals surface area contributed by atoms with E-state index < -0.39 is 0 Å². The number of amides is 2. The van der Waals surface area contributed by atoms with E-state index in [1.54, 1.807) is 0 Å². The van der Waals surface area contributed by atoms with Gasteiger partial charge < -0.3 is 16.0 Å². The van der Waals surface area contributed by atoms with Crippen molar-refractivity contribution in [2.75, 3.05) is 19.6 Å². The Morgan fingerprint density at radius 3 is 2.40 bits per heavy atom. The molecule has 1 aromatic rings. The largest absolute Gasteiger partial charge is 0.350 e. The number of rotatable bonds is 8. The lowest BCUT2D eigenvalue weighted by Crippen LogP contribution is -2.40. The molecule has 20 heavy (non-hydrogen) atoms. The van der Waals surface area contributed by atoms with E-state index in [1.807, 2.05) is 30.3 Å². The fourth-order valence-corrected chi connectivity index (χ4v) is 1.81. The molecule has 108 valence electrons. The van der Waals surface area contributed by atoms with Crippen LogP contribution in [0.5, 0.6) is 0 Å². The summed E-state index contributed by atoms with van der Waals surface area (Å²) in [6.07, 6.45) is 2.52. The molecule has 0 radical (unpaired) electrons. The van der Waals surface area contributed by atoms with Gasteiger partial charge in [0.25, 0.3) is 0 Å². The molecule has 5 heteroatoms. The maximum Gasteiger partial charge on any atom is 0.239 e. The first-order valence-electron chi connectivity index (χ1n) is 7.02. The highest BCUT2D eigenvalue weighted by Crippen LogP contribution is 2.27. The van der Waals surface area contributed by atoms with E-state index in [-0.39, 0.29) is 24.9 Å². The monoisotopic (exact) mass is 275 g/mol. The molecular formula is C15H21N3O2. The summed E-state index contributed by atoms with van der Waals surface area (Å²) in [5.41, 5.74) is 1.04. The third kappa shape index (κ3) is 5.84. The summed E-state index contributed by atoms with van der Waals surface area (Å²) in [6.45, 7) is 1.68. The summed E-state index contributed by atoms with van der Waals surface area (Å²) in [5.74, 6) is 0.432. The molecule has 1 aromatic carbocycles. The van der Waals surface area contributed by atoms with Crippen molar-refractivity contribution in [3.8, 4) is 0 Å². The van der Waals surface area contributed by atoms with Crippen LogP contribution >= 0.6 is 0 Å². The molecule has 2 rings (SSSR count). The van der Waals surface area contributed by atoms with Crippen LogP contribution in [0.4, 0.5) is 0 Å². The average Bonchev–Trinajstić information content (AvgIpc) is 3.28. The zero-order valence-electron chi connectivity index (χ0n) is 11.5. The Kier molecular flexibility index (Phi) is 5.55. The predicted octanol–water partition coefficient (Wildman–Crippen LogP) is 0.419. The molecule has 0 aliphatic heterocycles. The lowest BCUT2D eigenvalue weighted by Gasteiger charge is -2.07. The first kappa shape index (κ1) is 14.5. The van der Waals surface area contributed by atoms with Gasteiger partial charge in [0.15, 0.2) is 0 Å². The van der Waals surface area contributed by atoms with E-state index in [9.17, 15) is 9.59 Å². The summed E-state index contributed by atoms with van der Waals surface area (Å²) in [6, 6.07) is 9.67. The summed E-state index contributed by atoms with van der Waals surface area (Å²) in [7, 11) is 0. The van der Waals surface area contributed by atoms with Gasteiger partial charge in [-0.3, -0.25) is 9.59 Å². The van der Waals surface area contributed by atoms with Crippen molar-refractivity contribution in [1.29, 1.82) is 0 Å². The highest BCUT2D eigenvalue weighted by molar-refractivity contribution is 5.85. The minimum Gasteiger partial charge on any atom is -0.350 e. The predicted molar refractivity (Wildman–Crippen MR) is 76.9 cm³/mol. The molecular weight excluding hydrogens is 254 g/mol. The minimum absolute atomic E-state index is 0.0246. The number of nitrogens with one attached hydrogen (secondary N) is 3. The van der Waals surface area contributed by atoms with Crippen molar-refractivity contribution in [3.05, 3.63) is 35.9 Å². The van der Waals surface area contributed by atoms with E-state index in [1.165, 1.54) is 12.8 Å². The Balaban J connectivity index is 1.53. The Morgan fingerprint density at radius 1 is 1.00 bits per heavy atom. The maximum atomic E-state index is 11.6. The lowest BCUT2D eigenvalue weighted by molar-refractivity contribution is -0.125. The molecule has 0 bridgehead atoms. The van der Waals surface area contributed by atoms with Crippen molar-refractivity contribution in [2.24, 2.45) is 5.92 Å². The Labute approximate surface area is 119 Å². The topological polar surface area (TPSA) is 70.2 Å². The van der Waals surface area contributed by atoms with Gasteiger partial charge in [-0.2, -0.15) is 0 Å². The van der Waals surface area contributed by atoms with E-state index in [4.69, 9.17) is 0 Å². The minimum atomic E-state index is -0.176. The van der Waals surface area contributed by atoms with Crippen LogP contribution in [-0.2, 0) is 16.1 Å². The number of carbonyl (C=O) groups excluding carboxylic acids is 2. The van der Waals surface area contributed by atoms with Crippen molar-refractivity contribution in [3.63, 3.8) is 0 Å².